The van der Waals surface area contributed by atoms with Crippen molar-refractivity contribution in [2.24, 2.45) is 11.8 Å². The van der Waals surface area contributed by atoms with Gasteiger partial charge in [-0.25, -0.2) is 0 Å². The highest BCUT2D eigenvalue weighted by Crippen LogP contribution is 2.37. The topological polar surface area (TPSA) is 59.1 Å². The molecule has 0 N–H and O–H groups in total. The van der Waals surface area contributed by atoms with Gasteiger partial charge in [0, 0.05) is 37.7 Å². The predicted molar refractivity (Wildman–Crippen MR) is 113 cm³/mol. The van der Waals surface area contributed by atoms with Crippen molar-refractivity contribution in [1.82, 2.24) is 9.80 Å². The summed E-state index contributed by atoms with van der Waals surface area (Å²) in [7, 11) is 1.53. The second-order valence-electron chi connectivity index (χ2n) is 8.02. The third-order valence-electron chi connectivity index (χ3n) is 5.87. The van der Waals surface area contributed by atoms with Gasteiger partial charge in [0.15, 0.2) is 11.5 Å². The fourth-order valence-electron chi connectivity index (χ4n) is 4.29. The highest BCUT2D eigenvalue weighted by molar-refractivity contribution is 6.32. The number of amides is 2. The van der Waals surface area contributed by atoms with E-state index in [1.54, 1.807) is 17.0 Å². The Kier molecular flexibility index (Phi) is 7.28. The molecule has 2 saturated heterocycles. The highest BCUT2D eigenvalue weighted by Gasteiger charge is 2.32. The van der Waals surface area contributed by atoms with E-state index in [0.717, 1.165) is 19.5 Å². The molecule has 0 aliphatic carbocycles. The van der Waals surface area contributed by atoms with Crippen LogP contribution in [0.5, 0.6) is 11.5 Å². The van der Waals surface area contributed by atoms with Crippen LogP contribution in [0, 0.1) is 11.8 Å². The first-order chi connectivity index (χ1) is 13.9. The molecule has 1 unspecified atom stereocenters. The fraction of sp³-hybridized carbons (Fsp3) is 0.636. The molecule has 7 heteroatoms. The van der Waals surface area contributed by atoms with Crippen LogP contribution in [0.2, 0.25) is 5.02 Å². The van der Waals surface area contributed by atoms with Gasteiger partial charge in [-0.3, -0.25) is 9.59 Å². The Bertz CT molecular complexity index is 747. The lowest BCUT2D eigenvalue weighted by Crippen LogP contribution is -2.47. The Balaban J connectivity index is 1.63. The molecule has 0 bridgehead atoms. The number of piperidine rings is 2. The number of halogens is 1. The van der Waals surface area contributed by atoms with E-state index in [1.807, 2.05) is 11.8 Å². The molecule has 2 fully saturated rings. The Morgan fingerprint density at radius 3 is 2.48 bits per heavy atom. The van der Waals surface area contributed by atoms with Crippen molar-refractivity contribution in [3.63, 3.8) is 0 Å². The molecule has 1 aromatic carbocycles. The lowest BCUT2D eigenvalue weighted by molar-refractivity contribution is -0.138. The van der Waals surface area contributed by atoms with E-state index >= 15 is 0 Å². The van der Waals surface area contributed by atoms with Gasteiger partial charge in [0.25, 0.3) is 5.91 Å². The predicted octanol–water partition coefficient (Wildman–Crippen LogP) is 3.86. The normalized spacial score (nSPS) is 20.5. The average molecular weight is 423 g/mol. The third-order valence-corrected chi connectivity index (χ3v) is 6.15. The molecular formula is C22H31ClN2O4. The second-order valence-corrected chi connectivity index (χ2v) is 8.43. The maximum Gasteiger partial charge on any atom is 0.254 e. The van der Waals surface area contributed by atoms with Gasteiger partial charge in [0.05, 0.1) is 18.7 Å². The van der Waals surface area contributed by atoms with E-state index in [-0.39, 0.29) is 17.7 Å². The van der Waals surface area contributed by atoms with Gasteiger partial charge < -0.3 is 19.3 Å². The SMILES string of the molecule is CCOc1c(Cl)cc(C(=O)N2CCC(C(=O)N3CCCC(C)C3)CC2)cc1OC. The smallest absolute Gasteiger partial charge is 0.254 e. The molecule has 0 radical (unpaired) electrons. The van der Waals surface area contributed by atoms with Gasteiger partial charge in [-0.1, -0.05) is 18.5 Å². The summed E-state index contributed by atoms with van der Waals surface area (Å²) in [6, 6.07) is 3.30. The van der Waals surface area contributed by atoms with E-state index in [4.69, 9.17) is 21.1 Å². The highest BCUT2D eigenvalue weighted by atomic mass is 35.5. The summed E-state index contributed by atoms with van der Waals surface area (Å²) in [5.41, 5.74) is 0.477. The van der Waals surface area contributed by atoms with Crippen molar-refractivity contribution < 1.29 is 19.1 Å². The lowest BCUT2D eigenvalue weighted by Gasteiger charge is -2.37. The first kappa shape index (κ1) is 21.8. The molecule has 0 spiro atoms. The summed E-state index contributed by atoms with van der Waals surface area (Å²) < 4.78 is 10.9. The first-order valence-electron chi connectivity index (χ1n) is 10.5. The quantitative estimate of drug-likeness (QED) is 0.723. The lowest BCUT2D eigenvalue weighted by atomic mass is 9.92. The summed E-state index contributed by atoms with van der Waals surface area (Å²) in [4.78, 5) is 29.7. The van der Waals surface area contributed by atoms with Gasteiger partial charge in [-0.2, -0.15) is 0 Å². The van der Waals surface area contributed by atoms with Crippen molar-refractivity contribution in [3.05, 3.63) is 22.7 Å². The number of rotatable bonds is 5. The van der Waals surface area contributed by atoms with Gasteiger partial charge in [-0.15, -0.1) is 0 Å². The summed E-state index contributed by atoms with van der Waals surface area (Å²) in [5.74, 6) is 1.66. The van der Waals surface area contributed by atoms with Crippen LogP contribution in [0.3, 0.4) is 0 Å². The fourth-order valence-corrected chi connectivity index (χ4v) is 4.55. The number of hydrogen-bond donors (Lipinski definition) is 0. The minimum Gasteiger partial charge on any atom is -0.493 e. The van der Waals surface area contributed by atoms with E-state index in [0.29, 0.717) is 60.5 Å². The molecule has 1 aromatic rings. The van der Waals surface area contributed by atoms with Gasteiger partial charge in [-0.05, 0) is 50.7 Å². The molecule has 6 nitrogen and oxygen atoms in total. The Labute approximate surface area is 178 Å². The Morgan fingerprint density at radius 1 is 1.14 bits per heavy atom. The Hall–Kier alpha value is -1.95. The number of carbonyl (C=O) groups excluding carboxylic acids is 2. The van der Waals surface area contributed by atoms with E-state index in [2.05, 4.69) is 6.92 Å². The minimum atomic E-state index is -0.0919. The summed E-state index contributed by atoms with van der Waals surface area (Å²) >= 11 is 6.31. The van der Waals surface area contributed by atoms with Gasteiger partial charge >= 0.3 is 0 Å². The summed E-state index contributed by atoms with van der Waals surface area (Å²) in [6.45, 7) is 7.41. The van der Waals surface area contributed by atoms with Crippen molar-refractivity contribution in [3.8, 4) is 11.5 Å². The zero-order chi connectivity index (χ0) is 21.0. The molecule has 2 aliphatic heterocycles. The Morgan fingerprint density at radius 2 is 1.86 bits per heavy atom. The van der Waals surface area contributed by atoms with Crippen LogP contribution >= 0.6 is 11.6 Å². The van der Waals surface area contributed by atoms with Crippen LogP contribution in [-0.2, 0) is 4.79 Å². The molecule has 0 saturated carbocycles. The molecule has 2 heterocycles. The molecule has 160 valence electrons. The summed E-state index contributed by atoms with van der Waals surface area (Å²) in [6.07, 6.45) is 3.70. The number of benzene rings is 1. The standard InChI is InChI=1S/C22H31ClN2O4/c1-4-29-20-18(23)12-17(13-19(20)28-3)22(27)24-10-7-16(8-11-24)21(26)25-9-5-6-15(2)14-25/h12-13,15-16H,4-11,14H2,1-3H3. The third kappa shape index (κ3) is 4.97. The second kappa shape index (κ2) is 9.70. The van der Waals surface area contributed by atoms with E-state index in [1.165, 1.54) is 13.5 Å². The largest absolute Gasteiger partial charge is 0.493 e. The average Bonchev–Trinajstić information content (AvgIpc) is 2.74. The molecule has 3 rings (SSSR count). The van der Waals surface area contributed by atoms with E-state index in [9.17, 15) is 9.59 Å². The zero-order valence-corrected chi connectivity index (χ0v) is 18.3. The van der Waals surface area contributed by atoms with Crippen molar-refractivity contribution in [2.45, 2.75) is 39.5 Å². The van der Waals surface area contributed by atoms with Crippen LogP contribution in [0.1, 0.15) is 49.9 Å². The maximum absolute atomic E-state index is 13.0. The number of nitrogens with zero attached hydrogens (tertiary/aromatic N) is 2. The van der Waals surface area contributed by atoms with Crippen LogP contribution in [0.15, 0.2) is 12.1 Å². The number of likely N-dealkylation sites (tertiary alicyclic amines) is 2. The number of hydrogen-bond acceptors (Lipinski definition) is 4. The van der Waals surface area contributed by atoms with E-state index < -0.39 is 0 Å². The molecule has 0 aromatic heterocycles. The van der Waals surface area contributed by atoms with Crippen LogP contribution in [-0.4, -0.2) is 61.5 Å². The van der Waals surface area contributed by atoms with Gasteiger partial charge in [0.2, 0.25) is 5.91 Å². The van der Waals surface area contributed by atoms with Crippen molar-refractivity contribution in [2.75, 3.05) is 39.9 Å². The number of methoxy groups -OCH3 is 1. The van der Waals surface area contributed by atoms with Gasteiger partial charge in [0.1, 0.15) is 0 Å². The van der Waals surface area contributed by atoms with Crippen molar-refractivity contribution in [1.29, 1.82) is 0 Å². The molecule has 2 amide bonds. The van der Waals surface area contributed by atoms with Crippen LogP contribution in [0.25, 0.3) is 0 Å². The minimum absolute atomic E-state index is 0.0165. The summed E-state index contributed by atoms with van der Waals surface area (Å²) in [5, 5.41) is 0.360. The molecule has 29 heavy (non-hydrogen) atoms. The molecular weight excluding hydrogens is 392 g/mol. The maximum atomic E-state index is 13.0. The zero-order valence-electron chi connectivity index (χ0n) is 17.6. The van der Waals surface area contributed by atoms with Crippen molar-refractivity contribution >= 4 is 23.4 Å². The molecule has 1 atom stereocenters. The monoisotopic (exact) mass is 422 g/mol. The number of carbonyl (C=O) groups is 2. The van der Waals surface area contributed by atoms with Crippen LogP contribution in [0.4, 0.5) is 0 Å². The molecule has 2 aliphatic rings. The first-order valence-corrected chi connectivity index (χ1v) is 10.9. The van der Waals surface area contributed by atoms with Crippen LogP contribution < -0.4 is 9.47 Å². The number of ether oxygens (including phenoxy) is 2.